The van der Waals surface area contributed by atoms with Gasteiger partial charge in [0.1, 0.15) is 17.7 Å². The largest absolute Gasteiger partial charge is 0.444 e. The average Bonchev–Trinajstić information content (AvgIpc) is 2.66. The van der Waals surface area contributed by atoms with E-state index in [1.165, 1.54) is 4.90 Å². The Morgan fingerprint density at radius 3 is 2.15 bits per heavy atom. The lowest BCUT2D eigenvalue weighted by atomic mass is 9.94. The summed E-state index contributed by atoms with van der Waals surface area (Å²) in [5.41, 5.74) is 1.82. The van der Waals surface area contributed by atoms with Crippen molar-refractivity contribution in [2.75, 3.05) is 13.2 Å². The van der Waals surface area contributed by atoms with E-state index in [1.807, 2.05) is 45.9 Å². The Bertz CT molecular complexity index is 830. The molecule has 0 spiro atoms. The van der Waals surface area contributed by atoms with Crippen LogP contribution < -0.4 is 10.6 Å². The summed E-state index contributed by atoms with van der Waals surface area (Å²) in [6.07, 6.45) is -0.714. The fourth-order valence-corrected chi connectivity index (χ4v) is 3.49. The molecular formula is C25H41N3O5. The predicted octanol–water partition coefficient (Wildman–Crippen LogP) is 3.24. The van der Waals surface area contributed by atoms with Crippen molar-refractivity contribution >= 4 is 17.9 Å². The van der Waals surface area contributed by atoms with Crippen molar-refractivity contribution in [3.63, 3.8) is 0 Å². The number of nitrogens with one attached hydrogen (secondary N) is 2. The van der Waals surface area contributed by atoms with Crippen molar-refractivity contribution < 1.29 is 24.2 Å². The zero-order valence-electron chi connectivity index (χ0n) is 21.5. The molecule has 33 heavy (non-hydrogen) atoms. The maximum absolute atomic E-state index is 13.7. The van der Waals surface area contributed by atoms with Crippen LogP contribution in [0.25, 0.3) is 0 Å². The van der Waals surface area contributed by atoms with Crippen LogP contribution in [0, 0.1) is 19.8 Å². The molecule has 0 aliphatic heterocycles. The summed E-state index contributed by atoms with van der Waals surface area (Å²) in [5.74, 6) is -1.09. The van der Waals surface area contributed by atoms with Crippen LogP contribution in [0.1, 0.15) is 71.2 Å². The van der Waals surface area contributed by atoms with E-state index in [0.29, 0.717) is 5.56 Å². The van der Waals surface area contributed by atoms with E-state index in [-0.39, 0.29) is 31.0 Å². The smallest absolute Gasteiger partial charge is 0.408 e. The zero-order valence-corrected chi connectivity index (χ0v) is 21.5. The Morgan fingerprint density at radius 2 is 1.67 bits per heavy atom. The van der Waals surface area contributed by atoms with E-state index in [9.17, 15) is 19.5 Å². The molecule has 186 valence electrons. The molecule has 0 saturated carbocycles. The first kappa shape index (κ1) is 28.4. The summed E-state index contributed by atoms with van der Waals surface area (Å²) in [6, 6.07) is 3.55. The van der Waals surface area contributed by atoms with Gasteiger partial charge >= 0.3 is 6.09 Å². The van der Waals surface area contributed by atoms with Gasteiger partial charge in [0.25, 0.3) is 0 Å². The maximum Gasteiger partial charge on any atom is 0.408 e. The first-order chi connectivity index (χ1) is 15.2. The number of benzene rings is 1. The summed E-state index contributed by atoms with van der Waals surface area (Å²) >= 11 is 0. The number of carbonyl (C=O) groups is 3. The van der Waals surface area contributed by atoms with Crippen LogP contribution in [-0.2, 0) is 14.3 Å². The number of hydrogen-bond donors (Lipinski definition) is 3. The SMILES string of the molecule is Cc1cccc(C(C(=O)NC(C)C)N(CCO)C(=O)C(NC(=O)OC(C)(C)C)C(C)C)c1C. The van der Waals surface area contributed by atoms with Crippen LogP contribution in [0.15, 0.2) is 18.2 Å². The van der Waals surface area contributed by atoms with Gasteiger partial charge in [0.15, 0.2) is 0 Å². The van der Waals surface area contributed by atoms with Crippen LogP contribution in [-0.4, -0.2) is 58.8 Å². The zero-order chi connectivity index (χ0) is 25.5. The van der Waals surface area contributed by atoms with Gasteiger partial charge in [0.05, 0.1) is 6.61 Å². The van der Waals surface area contributed by atoms with Gasteiger partial charge < -0.3 is 25.4 Å². The number of hydrogen-bond acceptors (Lipinski definition) is 5. The summed E-state index contributed by atoms with van der Waals surface area (Å²) in [4.78, 5) is 40.9. The average molecular weight is 464 g/mol. The second-order valence-corrected chi connectivity index (χ2v) is 9.98. The number of carbonyl (C=O) groups excluding carboxylic acids is 3. The summed E-state index contributed by atoms with van der Waals surface area (Å²) in [5, 5.41) is 15.3. The third kappa shape index (κ3) is 8.35. The quantitative estimate of drug-likeness (QED) is 0.521. The molecule has 8 nitrogen and oxygen atoms in total. The van der Waals surface area contributed by atoms with E-state index >= 15 is 0 Å². The Labute approximate surface area is 198 Å². The highest BCUT2D eigenvalue weighted by Gasteiger charge is 2.38. The van der Waals surface area contributed by atoms with Crippen LogP contribution >= 0.6 is 0 Å². The molecule has 2 atom stereocenters. The third-order valence-electron chi connectivity index (χ3n) is 5.16. The topological polar surface area (TPSA) is 108 Å². The van der Waals surface area contributed by atoms with Gasteiger partial charge in [-0.1, -0.05) is 32.0 Å². The molecule has 8 heteroatoms. The molecule has 1 rings (SSSR count). The molecule has 1 aromatic carbocycles. The van der Waals surface area contributed by atoms with E-state index in [2.05, 4.69) is 10.6 Å². The first-order valence-corrected chi connectivity index (χ1v) is 11.5. The number of aliphatic hydroxyl groups is 1. The number of amides is 3. The molecule has 0 bridgehead atoms. The minimum Gasteiger partial charge on any atom is -0.444 e. The van der Waals surface area contributed by atoms with Crippen LogP contribution in [0.2, 0.25) is 0 Å². The van der Waals surface area contributed by atoms with Gasteiger partial charge in [-0.2, -0.15) is 0 Å². The van der Waals surface area contributed by atoms with Crippen LogP contribution in [0.4, 0.5) is 4.79 Å². The molecule has 0 heterocycles. The van der Waals surface area contributed by atoms with Gasteiger partial charge in [0.2, 0.25) is 11.8 Å². The normalized spacial score (nSPS) is 13.5. The first-order valence-electron chi connectivity index (χ1n) is 11.5. The second-order valence-electron chi connectivity index (χ2n) is 9.98. The number of aryl methyl sites for hydroxylation is 1. The molecule has 0 aliphatic rings. The molecule has 2 unspecified atom stereocenters. The summed E-state index contributed by atoms with van der Waals surface area (Å²) in [7, 11) is 0. The highest BCUT2D eigenvalue weighted by atomic mass is 16.6. The fourth-order valence-electron chi connectivity index (χ4n) is 3.49. The van der Waals surface area contributed by atoms with Crippen molar-refractivity contribution in [3.05, 3.63) is 34.9 Å². The molecule has 0 aliphatic carbocycles. The lowest BCUT2D eigenvalue weighted by molar-refractivity contribution is -0.144. The highest BCUT2D eigenvalue weighted by molar-refractivity contribution is 5.92. The van der Waals surface area contributed by atoms with Crippen molar-refractivity contribution in [1.82, 2.24) is 15.5 Å². The number of alkyl carbamates (subject to hydrolysis) is 1. The number of rotatable bonds is 9. The maximum atomic E-state index is 13.7. The minimum atomic E-state index is -0.964. The van der Waals surface area contributed by atoms with E-state index in [0.717, 1.165) is 11.1 Å². The third-order valence-corrected chi connectivity index (χ3v) is 5.16. The van der Waals surface area contributed by atoms with Crippen molar-refractivity contribution in [3.8, 4) is 0 Å². The molecule has 1 aromatic rings. The number of aliphatic hydroxyl groups excluding tert-OH is 1. The minimum absolute atomic E-state index is 0.0678. The molecular weight excluding hydrogens is 422 g/mol. The Morgan fingerprint density at radius 1 is 1.06 bits per heavy atom. The van der Waals surface area contributed by atoms with Crippen molar-refractivity contribution in [1.29, 1.82) is 0 Å². The summed E-state index contributed by atoms with van der Waals surface area (Å²) in [6.45, 7) is 16.0. The van der Waals surface area contributed by atoms with Gasteiger partial charge in [0, 0.05) is 12.6 Å². The summed E-state index contributed by atoms with van der Waals surface area (Å²) < 4.78 is 5.34. The van der Waals surface area contributed by atoms with E-state index in [4.69, 9.17) is 4.74 Å². The van der Waals surface area contributed by atoms with Crippen molar-refractivity contribution in [2.45, 2.75) is 86.0 Å². The fraction of sp³-hybridized carbons (Fsp3) is 0.640. The van der Waals surface area contributed by atoms with Gasteiger partial charge in [-0.25, -0.2) is 4.79 Å². The standard InChI is InChI=1S/C25H41N3O5/c1-15(2)20(27-24(32)33-25(7,8)9)23(31)28(13-14-29)21(22(30)26-16(3)4)19-12-10-11-17(5)18(19)6/h10-12,15-16,20-21,29H,13-14H2,1-9H3,(H,26,30)(H,27,32). The van der Waals surface area contributed by atoms with E-state index < -0.39 is 29.7 Å². The molecule has 0 saturated heterocycles. The monoisotopic (exact) mass is 463 g/mol. The Kier molecular flexibility index (Phi) is 10.4. The molecule has 3 N–H and O–H groups in total. The van der Waals surface area contributed by atoms with E-state index in [1.54, 1.807) is 34.6 Å². The second kappa shape index (κ2) is 12.0. The van der Waals surface area contributed by atoms with Crippen molar-refractivity contribution in [2.24, 2.45) is 5.92 Å². The lowest BCUT2D eigenvalue weighted by Gasteiger charge is -2.36. The Balaban J connectivity index is 3.48. The highest BCUT2D eigenvalue weighted by Crippen LogP contribution is 2.28. The molecule has 0 aromatic heterocycles. The lowest BCUT2D eigenvalue weighted by Crippen LogP contribution is -2.55. The Hall–Kier alpha value is -2.61. The number of nitrogens with zero attached hydrogens (tertiary/aromatic N) is 1. The molecule has 0 fully saturated rings. The number of ether oxygens (including phenoxy) is 1. The predicted molar refractivity (Wildman–Crippen MR) is 129 cm³/mol. The van der Waals surface area contributed by atoms with Gasteiger partial charge in [-0.15, -0.1) is 0 Å². The van der Waals surface area contributed by atoms with Crippen LogP contribution in [0.5, 0.6) is 0 Å². The van der Waals surface area contributed by atoms with Gasteiger partial charge in [-0.3, -0.25) is 9.59 Å². The molecule has 3 amide bonds. The van der Waals surface area contributed by atoms with Gasteiger partial charge in [-0.05, 0) is 71.1 Å². The molecule has 0 radical (unpaired) electrons. The van der Waals surface area contributed by atoms with Crippen LogP contribution in [0.3, 0.4) is 0 Å².